The van der Waals surface area contributed by atoms with E-state index in [0.29, 0.717) is 19.4 Å². The Morgan fingerprint density at radius 2 is 1.84 bits per heavy atom. The summed E-state index contributed by atoms with van der Waals surface area (Å²) in [6.07, 6.45) is 4.28. The third-order valence-corrected chi connectivity index (χ3v) is 5.84. The first-order valence-electron chi connectivity index (χ1n) is 11.2. The molecule has 3 rings (SSSR count). The summed E-state index contributed by atoms with van der Waals surface area (Å²) in [5.41, 5.74) is 3.25. The van der Waals surface area contributed by atoms with Gasteiger partial charge in [-0.1, -0.05) is 31.2 Å². The van der Waals surface area contributed by atoms with Gasteiger partial charge in [0.25, 0.3) is 0 Å². The first kappa shape index (κ1) is 23.8. The summed E-state index contributed by atoms with van der Waals surface area (Å²) in [5, 5.41) is 0. The number of fused-ring (bicyclic) bond motifs is 1. The fourth-order valence-corrected chi connectivity index (χ4v) is 3.79. The number of ether oxygens (including phenoxy) is 1. The van der Waals surface area contributed by atoms with Crippen molar-refractivity contribution in [1.29, 1.82) is 0 Å². The van der Waals surface area contributed by atoms with E-state index in [-0.39, 0.29) is 6.42 Å². The Labute approximate surface area is 190 Å². The van der Waals surface area contributed by atoms with Gasteiger partial charge in [0.1, 0.15) is 16.9 Å². The van der Waals surface area contributed by atoms with Gasteiger partial charge < -0.3 is 14.0 Å². The maximum absolute atomic E-state index is 15.6. The second-order valence-electron chi connectivity index (χ2n) is 9.52. The van der Waals surface area contributed by atoms with Crippen LogP contribution in [-0.2, 0) is 11.2 Å². The molecule has 0 bridgehead atoms. The van der Waals surface area contributed by atoms with Crippen LogP contribution in [-0.4, -0.2) is 45.2 Å². The summed E-state index contributed by atoms with van der Waals surface area (Å²) in [6, 6.07) is 12.2. The number of imidazole rings is 1. The van der Waals surface area contributed by atoms with Crippen LogP contribution in [0, 0.1) is 6.92 Å². The van der Waals surface area contributed by atoms with E-state index in [9.17, 15) is 4.79 Å². The Morgan fingerprint density at radius 3 is 2.47 bits per heavy atom. The third kappa shape index (κ3) is 5.67. The summed E-state index contributed by atoms with van der Waals surface area (Å²) < 4.78 is 23.0. The molecule has 0 saturated carbocycles. The van der Waals surface area contributed by atoms with Gasteiger partial charge in [0.2, 0.25) is 0 Å². The molecule has 1 amide bonds. The number of aromatic nitrogens is 2. The molecule has 32 heavy (non-hydrogen) atoms. The second kappa shape index (κ2) is 9.31. The molecule has 0 aliphatic carbocycles. The van der Waals surface area contributed by atoms with Gasteiger partial charge in [-0.25, -0.2) is 14.2 Å². The predicted molar refractivity (Wildman–Crippen MR) is 127 cm³/mol. The van der Waals surface area contributed by atoms with Crippen LogP contribution in [0.15, 0.2) is 48.8 Å². The fraction of sp³-hybridized carbons (Fsp3) is 0.462. The standard InChI is InChI=1S/C26H34FN3O2/c1-7-26(27,14-16-29(6)24(31)32-25(3,4)5)18-20-8-10-21(11-9-20)22-12-13-23-28-15-17-30(23)19(22)2/h8-13,15,17H,7,14,16,18H2,1-6H3. The van der Waals surface area contributed by atoms with E-state index < -0.39 is 17.4 Å². The number of halogens is 1. The first-order valence-corrected chi connectivity index (χ1v) is 11.2. The molecular formula is C26H34FN3O2. The van der Waals surface area contributed by atoms with E-state index in [2.05, 4.69) is 22.4 Å². The summed E-state index contributed by atoms with van der Waals surface area (Å²) in [5.74, 6) is 0. The first-order chi connectivity index (χ1) is 15.0. The molecule has 1 unspecified atom stereocenters. The molecule has 0 aliphatic heterocycles. The monoisotopic (exact) mass is 439 g/mol. The number of pyridine rings is 1. The minimum absolute atomic E-state index is 0.261. The Bertz CT molecular complexity index is 1070. The van der Waals surface area contributed by atoms with Crippen molar-refractivity contribution in [2.75, 3.05) is 13.6 Å². The fourth-order valence-electron chi connectivity index (χ4n) is 3.79. The maximum atomic E-state index is 15.6. The molecule has 172 valence electrons. The SMILES string of the molecule is CCC(F)(CCN(C)C(=O)OC(C)(C)C)Cc1ccc(-c2ccc3nccn3c2C)cc1. The maximum Gasteiger partial charge on any atom is 0.410 e. The molecule has 3 aromatic rings. The zero-order valence-electron chi connectivity index (χ0n) is 20.0. The number of amides is 1. The molecule has 2 heterocycles. The van der Waals surface area contributed by atoms with Crippen molar-refractivity contribution in [1.82, 2.24) is 14.3 Å². The number of nitrogens with zero attached hydrogens (tertiary/aromatic N) is 3. The van der Waals surface area contributed by atoms with Gasteiger partial charge in [0.15, 0.2) is 0 Å². The molecule has 1 atom stereocenters. The molecule has 0 saturated heterocycles. The number of aryl methyl sites for hydroxylation is 1. The summed E-state index contributed by atoms with van der Waals surface area (Å²) in [7, 11) is 1.65. The summed E-state index contributed by atoms with van der Waals surface area (Å²) in [4.78, 5) is 17.9. The smallest absolute Gasteiger partial charge is 0.410 e. The Kier molecular flexibility index (Phi) is 6.91. The molecule has 5 nitrogen and oxygen atoms in total. The van der Waals surface area contributed by atoms with E-state index >= 15 is 4.39 Å². The van der Waals surface area contributed by atoms with Crippen LogP contribution in [0.25, 0.3) is 16.8 Å². The number of carbonyl (C=O) groups is 1. The second-order valence-corrected chi connectivity index (χ2v) is 9.52. The van der Waals surface area contributed by atoms with E-state index in [1.54, 1.807) is 13.2 Å². The Morgan fingerprint density at radius 1 is 1.16 bits per heavy atom. The van der Waals surface area contributed by atoms with E-state index in [0.717, 1.165) is 28.0 Å². The van der Waals surface area contributed by atoms with Crippen molar-refractivity contribution in [3.05, 3.63) is 60.0 Å². The van der Waals surface area contributed by atoms with Crippen LogP contribution in [0.1, 0.15) is 51.8 Å². The largest absolute Gasteiger partial charge is 0.444 e. The van der Waals surface area contributed by atoms with Crippen LogP contribution in [0.5, 0.6) is 0 Å². The van der Waals surface area contributed by atoms with Crippen LogP contribution < -0.4 is 0 Å². The predicted octanol–water partition coefficient (Wildman–Crippen LogP) is 6.23. The minimum Gasteiger partial charge on any atom is -0.444 e. The van der Waals surface area contributed by atoms with Crippen molar-refractivity contribution in [3.8, 4) is 11.1 Å². The highest BCUT2D eigenvalue weighted by Crippen LogP contribution is 2.29. The highest BCUT2D eigenvalue weighted by molar-refractivity contribution is 5.68. The topological polar surface area (TPSA) is 46.8 Å². The normalized spacial score (nSPS) is 13.7. The van der Waals surface area contributed by atoms with Crippen LogP contribution in [0.3, 0.4) is 0 Å². The van der Waals surface area contributed by atoms with Crippen LogP contribution >= 0.6 is 0 Å². The van der Waals surface area contributed by atoms with E-state index in [1.807, 2.05) is 64.2 Å². The zero-order valence-corrected chi connectivity index (χ0v) is 20.0. The quantitative estimate of drug-likeness (QED) is 0.439. The van der Waals surface area contributed by atoms with Gasteiger partial charge in [-0.05, 0) is 63.8 Å². The number of alkyl halides is 1. The zero-order chi connectivity index (χ0) is 23.5. The Balaban J connectivity index is 1.67. The number of rotatable bonds is 7. The molecular weight excluding hydrogens is 405 g/mol. The number of carbonyl (C=O) groups excluding carboxylic acids is 1. The lowest BCUT2D eigenvalue weighted by atomic mass is 9.89. The number of hydrogen-bond acceptors (Lipinski definition) is 3. The third-order valence-electron chi connectivity index (χ3n) is 5.84. The summed E-state index contributed by atoms with van der Waals surface area (Å²) >= 11 is 0. The van der Waals surface area contributed by atoms with Crippen molar-refractivity contribution < 1.29 is 13.9 Å². The summed E-state index contributed by atoms with van der Waals surface area (Å²) in [6.45, 7) is 9.70. The average molecular weight is 440 g/mol. The molecule has 1 aromatic carbocycles. The minimum atomic E-state index is -1.39. The lowest BCUT2D eigenvalue weighted by Gasteiger charge is -2.29. The van der Waals surface area contributed by atoms with Crippen LogP contribution in [0.2, 0.25) is 0 Å². The van der Waals surface area contributed by atoms with Gasteiger partial charge >= 0.3 is 6.09 Å². The number of benzene rings is 1. The van der Waals surface area contributed by atoms with Crippen molar-refractivity contribution in [3.63, 3.8) is 0 Å². The Hall–Kier alpha value is -2.89. The molecule has 6 heteroatoms. The van der Waals surface area contributed by atoms with Crippen molar-refractivity contribution in [2.24, 2.45) is 0 Å². The number of hydrogen-bond donors (Lipinski definition) is 0. The van der Waals surface area contributed by atoms with Crippen LogP contribution in [0.4, 0.5) is 9.18 Å². The average Bonchev–Trinajstić information content (AvgIpc) is 3.22. The van der Waals surface area contributed by atoms with Crippen molar-refractivity contribution in [2.45, 2.75) is 65.2 Å². The van der Waals surface area contributed by atoms with E-state index in [4.69, 9.17) is 4.74 Å². The van der Waals surface area contributed by atoms with Crippen molar-refractivity contribution >= 4 is 11.7 Å². The highest BCUT2D eigenvalue weighted by Gasteiger charge is 2.29. The van der Waals surface area contributed by atoms with Gasteiger partial charge in [-0.3, -0.25) is 0 Å². The molecule has 0 spiro atoms. The lowest BCUT2D eigenvalue weighted by molar-refractivity contribution is 0.0259. The molecule has 0 radical (unpaired) electrons. The molecule has 0 fully saturated rings. The van der Waals surface area contributed by atoms with Gasteiger partial charge in [-0.2, -0.15) is 0 Å². The van der Waals surface area contributed by atoms with E-state index in [1.165, 1.54) is 4.90 Å². The van der Waals surface area contributed by atoms with Gasteiger partial charge in [0, 0.05) is 43.7 Å². The molecule has 0 N–H and O–H groups in total. The van der Waals surface area contributed by atoms with Gasteiger partial charge in [-0.15, -0.1) is 0 Å². The molecule has 0 aliphatic rings. The van der Waals surface area contributed by atoms with Gasteiger partial charge in [0.05, 0.1) is 0 Å². The molecule has 2 aromatic heterocycles. The lowest BCUT2D eigenvalue weighted by Crippen LogP contribution is -2.38. The highest BCUT2D eigenvalue weighted by atomic mass is 19.1.